The summed E-state index contributed by atoms with van der Waals surface area (Å²) >= 11 is 1.88. The lowest BCUT2D eigenvalue weighted by molar-refractivity contribution is 1.29. The Labute approximate surface area is 266 Å². The van der Waals surface area contributed by atoms with E-state index in [0.717, 1.165) is 11.4 Å². The molecule has 2 heteroatoms. The van der Waals surface area contributed by atoms with Crippen LogP contribution < -0.4 is 4.90 Å². The van der Waals surface area contributed by atoms with Gasteiger partial charge < -0.3 is 4.90 Å². The second-order valence-electron chi connectivity index (χ2n) is 11.8. The predicted molar refractivity (Wildman–Crippen MR) is 197 cm³/mol. The van der Waals surface area contributed by atoms with Gasteiger partial charge in [0.15, 0.2) is 0 Å². The van der Waals surface area contributed by atoms with Crippen molar-refractivity contribution in [1.82, 2.24) is 0 Å². The molecule has 0 N–H and O–H groups in total. The van der Waals surface area contributed by atoms with E-state index in [4.69, 9.17) is 0 Å². The van der Waals surface area contributed by atoms with E-state index in [0.29, 0.717) is 0 Å². The van der Waals surface area contributed by atoms with Crippen molar-refractivity contribution in [3.63, 3.8) is 0 Å². The van der Waals surface area contributed by atoms with E-state index in [-0.39, 0.29) is 0 Å². The van der Waals surface area contributed by atoms with Crippen LogP contribution in [0.1, 0.15) is 5.56 Å². The first-order valence-corrected chi connectivity index (χ1v) is 16.3. The molecule has 0 aliphatic rings. The van der Waals surface area contributed by atoms with E-state index in [1.54, 1.807) is 0 Å². The largest absolute Gasteiger partial charge is 0.310 e. The summed E-state index contributed by atoms with van der Waals surface area (Å²) in [6.45, 7) is 2.17. The molecular formula is C43H29NS. The van der Waals surface area contributed by atoms with Gasteiger partial charge in [-0.1, -0.05) is 121 Å². The van der Waals surface area contributed by atoms with Crippen LogP contribution in [-0.2, 0) is 0 Å². The molecule has 0 radical (unpaired) electrons. The van der Waals surface area contributed by atoms with Gasteiger partial charge in [-0.25, -0.2) is 0 Å². The Hall–Kier alpha value is -5.44. The fourth-order valence-electron chi connectivity index (χ4n) is 7.01. The van der Waals surface area contributed by atoms with Crippen LogP contribution in [0.4, 0.5) is 17.1 Å². The minimum atomic E-state index is 1.14. The second kappa shape index (κ2) is 10.3. The number of hydrogen-bond donors (Lipinski definition) is 0. The van der Waals surface area contributed by atoms with Crippen LogP contribution in [0.25, 0.3) is 63.6 Å². The highest BCUT2D eigenvalue weighted by atomic mass is 32.1. The number of anilines is 3. The van der Waals surface area contributed by atoms with Gasteiger partial charge in [0.25, 0.3) is 0 Å². The summed E-state index contributed by atoms with van der Waals surface area (Å²) in [5.41, 5.74) is 7.20. The Balaban J connectivity index is 1.33. The third-order valence-corrected chi connectivity index (χ3v) is 10.3. The quantitative estimate of drug-likeness (QED) is 0.184. The molecule has 212 valence electrons. The average molecular weight is 592 g/mol. The number of benzene rings is 8. The van der Waals surface area contributed by atoms with Gasteiger partial charge in [-0.2, -0.15) is 0 Å². The van der Waals surface area contributed by atoms with Gasteiger partial charge in [-0.3, -0.25) is 0 Å². The zero-order chi connectivity index (χ0) is 29.9. The Bertz CT molecular complexity index is 2570. The summed E-state index contributed by atoms with van der Waals surface area (Å²) in [7, 11) is 0. The van der Waals surface area contributed by atoms with Gasteiger partial charge in [-0.05, 0) is 86.9 Å². The topological polar surface area (TPSA) is 3.24 Å². The molecule has 45 heavy (non-hydrogen) atoms. The standard InChI is InChI=1S/C43H29NS/c1-28-11-8-14-31(25-28)44(41-27-40-33-16-3-2-12-29(33)23-24-36(40)35-17-4-5-18-37(35)41)32-15-9-13-30(26-32)34-20-10-21-39-38-19-6-7-22-42(38)45-43(34)39/h2-27H,1H3. The van der Waals surface area contributed by atoms with Crippen molar-refractivity contribution >= 4 is 80.9 Å². The van der Waals surface area contributed by atoms with Crippen molar-refractivity contribution in [2.75, 3.05) is 4.90 Å². The minimum Gasteiger partial charge on any atom is -0.310 e. The van der Waals surface area contributed by atoms with E-state index in [2.05, 4.69) is 170 Å². The minimum absolute atomic E-state index is 1.14. The molecule has 1 heterocycles. The van der Waals surface area contributed by atoms with Crippen LogP contribution in [0.3, 0.4) is 0 Å². The van der Waals surface area contributed by atoms with Crippen LogP contribution >= 0.6 is 11.3 Å². The van der Waals surface area contributed by atoms with E-state index in [1.165, 1.54) is 74.9 Å². The van der Waals surface area contributed by atoms with Crippen molar-refractivity contribution in [2.45, 2.75) is 6.92 Å². The number of nitrogens with zero attached hydrogens (tertiary/aromatic N) is 1. The van der Waals surface area contributed by atoms with Crippen molar-refractivity contribution in [3.05, 3.63) is 163 Å². The van der Waals surface area contributed by atoms with Crippen LogP contribution in [0.5, 0.6) is 0 Å². The summed E-state index contributed by atoms with van der Waals surface area (Å²) in [6, 6.07) is 57.9. The molecule has 0 aliphatic heterocycles. The number of fused-ring (bicyclic) bond motifs is 8. The number of aryl methyl sites for hydroxylation is 1. The number of thiophene rings is 1. The van der Waals surface area contributed by atoms with Crippen molar-refractivity contribution in [3.8, 4) is 11.1 Å². The average Bonchev–Trinajstić information content (AvgIpc) is 3.48. The zero-order valence-corrected chi connectivity index (χ0v) is 25.7. The maximum atomic E-state index is 2.45. The van der Waals surface area contributed by atoms with Gasteiger partial charge in [0.2, 0.25) is 0 Å². The molecule has 0 bridgehead atoms. The summed E-state index contributed by atoms with van der Waals surface area (Å²) in [4.78, 5) is 2.45. The first kappa shape index (κ1) is 26.0. The third-order valence-electron chi connectivity index (χ3n) is 9.07. The van der Waals surface area contributed by atoms with Gasteiger partial charge in [0.1, 0.15) is 0 Å². The molecular weight excluding hydrogens is 563 g/mol. The van der Waals surface area contributed by atoms with E-state index in [1.807, 2.05) is 11.3 Å². The lowest BCUT2D eigenvalue weighted by Crippen LogP contribution is -2.11. The lowest BCUT2D eigenvalue weighted by atomic mass is 9.95. The molecule has 0 unspecified atom stereocenters. The van der Waals surface area contributed by atoms with Crippen LogP contribution in [-0.4, -0.2) is 0 Å². The van der Waals surface area contributed by atoms with Crippen molar-refractivity contribution in [2.24, 2.45) is 0 Å². The molecule has 0 saturated carbocycles. The monoisotopic (exact) mass is 591 g/mol. The molecule has 0 atom stereocenters. The molecule has 1 aromatic heterocycles. The smallest absolute Gasteiger partial charge is 0.0546 e. The molecule has 0 amide bonds. The fraction of sp³-hybridized carbons (Fsp3) is 0.0233. The Kier molecular flexibility index (Phi) is 5.97. The summed E-state index contributed by atoms with van der Waals surface area (Å²) in [5.74, 6) is 0. The molecule has 0 aliphatic carbocycles. The van der Waals surface area contributed by atoms with Gasteiger partial charge in [-0.15, -0.1) is 11.3 Å². The highest BCUT2D eigenvalue weighted by Crippen LogP contribution is 2.45. The van der Waals surface area contributed by atoms with Crippen molar-refractivity contribution < 1.29 is 0 Å². The first-order valence-electron chi connectivity index (χ1n) is 15.4. The van der Waals surface area contributed by atoms with E-state index >= 15 is 0 Å². The normalized spacial score (nSPS) is 11.7. The van der Waals surface area contributed by atoms with Crippen LogP contribution in [0.2, 0.25) is 0 Å². The molecule has 0 saturated heterocycles. The third kappa shape index (κ3) is 4.22. The maximum Gasteiger partial charge on any atom is 0.0546 e. The number of rotatable bonds is 4. The summed E-state index contributed by atoms with van der Waals surface area (Å²) < 4.78 is 2.66. The SMILES string of the molecule is Cc1cccc(N(c2cccc(-c3cccc4c3sc3ccccc34)c2)c2cc3c4ccccc4ccc3c3ccccc23)c1. The van der Waals surface area contributed by atoms with E-state index in [9.17, 15) is 0 Å². The van der Waals surface area contributed by atoms with Gasteiger partial charge >= 0.3 is 0 Å². The van der Waals surface area contributed by atoms with Crippen LogP contribution in [0, 0.1) is 6.92 Å². The molecule has 0 spiro atoms. The second-order valence-corrected chi connectivity index (χ2v) is 12.9. The predicted octanol–water partition coefficient (Wildman–Crippen LogP) is 13.0. The van der Waals surface area contributed by atoms with Crippen LogP contribution in [0.15, 0.2) is 158 Å². The first-order chi connectivity index (χ1) is 22.2. The molecule has 9 aromatic rings. The lowest BCUT2D eigenvalue weighted by Gasteiger charge is -2.28. The molecule has 9 rings (SSSR count). The zero-order valence-electron chi connectivity index (χ0n) is 24.9. The molecule has 8 aromatic carbocycles. The van der Waals surface area contributed by atoms with Gasteiger partial charge in [0, 0.05) is 36.9 Å². The highest BCUT2D eigenvalue weighted by Gasteiger charge is 2.19. The summed E-state index contributed by atoms with van der Waals surface area (Å²) in [6.07, 6.45) is 0. The Morgan fingerprint density at radius 1 is 0.444 bits per heavy atom. The van der Waals surface area contributed by atoms with Gasteiger partial charge in [0.05, 0.1) is 5.69 Å². The Morgan fingerprint density at radius 2 is 1.11 bits per heavy atom. The molecule has 1 nitrogen and oxygen atoms in total. The van der Waals surface area contributed by atoms with E-state index < -0.39 is 0 Å². The number of hydrogen-bond acceptors (Lipinski definition) is 2. The Morgan fingerprint density at radius 3 is 1.98 bits per heavy atom. The molecule has 0 fully saturated rings. The highest BCUT2D eigenvalue weighted by molar-refractivity contribution is 7.26. The fourth-order valence-corrected chi connectivity index (χ4v) is 8.25. The van der Waals surface area contributed by atoms with Crippen molar-refractivity contribution in [1.29, 1.82) is 0 Å². The summed E-state index contributed by atoms with van der Waals surface area (Å²) in [5, 5.41) is 10.2. The maximum absolute atomic E-state index is 2.45.